The van der Waals surface area contributed by atoms with Crippen LogP contribution in [0.25, 0.3) is 0 Å². The van der Waals surface area contributed by atoms with Gasteiger partial charge in [-0.2, -0.15) is 0 Å². The van der Waals surface area contributed by atoms with Gasteiger partial charge in [-0.25, -0.2) is 4.39 Å². The minimum Gasteiger partial charge on any atom is -0.315 e. The number of hydrogen-bond acceptors (Lipinski definition) is 2. The number of benzene rings is 1. The Morgan fingerprint density at radius 1 is 1.26 bits per heavy atom. The van der Waals surface area contributed by atoms with Crippen molar-refractivity contribution in [3.8, 4) is 0 Å². The van der Waals surface area contributed by atoms with Crippen molar-refractivity contribution in [2.24, 2.45) is 0 Å². The van der Waals surface area contributed by atoms with E-state index >= 15 is 0 Å². The second-order valence-electron chi connectivity index (χ2n) is 5.29. The van der Waals surface area contributed by atoms with Gasteiger partial charge in [0.2, 0.25) is 0 Å². The Balaban J connectivity index is 0.00000133. The molecule has 0 spiro atoms. The molecule has 0 radical (unpaired) electrons. The Morgan fingerprint density at radius 2 is 2.05 bits per heavy atom. The lowest BCUT2D eigenvalue weighted by atomic mass is 10.1. The lowest BCUT2D eigenvalue weighted by Crippen LogP contribution is -2.37. The van der Waals surface area contributed by atoms with E-state index in [0.717, 1.165) is 25.2 Å². The van der Waals surface area contributed by atoms with Crippen molar-refractivity contribution in [1.82, 2.24) is 10.2 Å². The Bertz CT molecular complexity index is 427. The molecule has 2 heterocycles. The van der Waals surface area contributed by atoms with E-state index in [2.05, 4.69) is 10.2 Å². The molecule has 1 aromatic carbocycles. The van der Waals surface area contributed by atoms with E-state index in [0.29, 0.717) is 17.1 Å². The summed E-state index contributed by atoms with van der Waals surface area (Å²) in [6, 6.07) is 5.86. The van der Waals surface area contributed by atoms with E-state index in [9.17, 15) is 4.39 Å². The quantitative estimate of drug-likeness (QED) is 0.902. The summed E-state index contributed by atoms with van der Waals surface area (Å²) >= 11 is 6.16. The Kier molecular flexibility index (Phi) is 5.07. The van der Waals surface area contributed by atoms with Crippen LogP contribution in [0.3, 0.4) is 0 Å². The summed E-state index contributed by atoms with van der Waals surface area (Å²) in [6.45, 7) is 2.91. The fourth-order valence-corrected chi connectivity index (χ4v) is 3.38. The van der Waals surface area contributed by atoms with Crippen LogP contribution in [0, 0.1) is 5.82 Å². The fourth-order valence-electron chi connectivity index (χ4n) is 3.20. The molecule has 2 nitrogen and oxygen atoms in total. The third kappa shape index (κ3) is 3.22. The van der Waals surface area contributed by atoms with Crippen molar-refractivity contribution in [3.63, 3.8) is 0 Å². The lowest BCUT2D eigenvalue weighted by Gasteiger charge is -2.28. The molecule has 1 N–H and O–H groups in total. The first-order chi connectivity index (χ1) is 8.74. The first-order valence-electron chi connectivity index (χ1n) is 6.64. The maximum atomic E-state index is 13.3. The van der Waals surface area contributed by atoms with Crippen molar-refractivity contribution in [1.29, 1.82) is 0 Å². The highest BCUT2D eigenvalue weighted by atomic mass is 35.5. The zero-order valence-corrected chi connectivity index (χ0v) is 12.3. The second-order valence-corrected chi connectivity index (χ2v) is 5.69. The Labute approximate surface area is 124 Å². The van der Waals surface area contributed by atoms with Gasteiger partial charge in [0.25, 0.3) is 0 Å². The van der Waals surface area contributed by atoms with Crippen molar-refractivity contribution in [2.45, 2.75) is 37.9 Å². The van der Waals surface area contributed by atoms with Gasteiger partial charge in [-0.1, -0.05) is 11.6 Å². The highest BCUT2D eigenvalue weighted by molar-refractivity contribution is 6.31. The molecule has 5 heteroatoms. The van der Waals surface area contributed by atoms with Crippen LogP contribution in [0.4, 0.5) is 4.39 Å². The van der Waals surface area contributed by atoms with Crippen LogP contribution < -0.4 is 5.32 Å². The van der Waals surface area contributed by atoms with E-state index in [1.165, 1.54) is 25.3 Å². The standard InChI is InChI=1S/C14H18ClFN2.ClH/c15-14-4-1-11(16)7-10(14)9-18-12-2-3-13(18)8-17-6-5-12;/h1,4,7,12-13,17H,2-3,5-6,8-9H2;1H. The molecule has 2 atom stereocenters. The highest BCUT2D eigenvalue weighted by Crippen LogP contribution is 2.31. The topological polar surface area (TPSA) is 15.3 Å². The highest BCUT2D eigenvalue weighted by Gasteiger charge is 2.34. The molecule has 0 aromatic heterocycles. The van der Waals surface area contributed by atoms with Crippen molar-refractivity contribution < 1.29 is 4.39 Å². The van der Waals surface area contributed by atoms with Crippen LogP contribution in [-0.2, 0) is 6.54 Å². The predicted molar refractivity (Wildman–Crippen MR) is 78.5 cm³/mol. The lowest BCUT2D eigenvalue weighted by molar-refractivity contribution is 0.193. The number of hydrogen-bond donors (Lipinski definition) is 1. The molecule has 2 aliphatic rings. The SMILES string of the molecule is Cl.Fc1ccc(Cl)c(CN2C3CCNCC2CC3)c1. The van der Waals surface area contributed by atoms with Gasteiger partial charge in [-0.05, 0) is 49.6 Å². The molecule has 0 aliphatic carbocycles. The van der Waals surface area contributed by atoms with Gasteiger partial charge < -0.3 is 5.32 Å². The molecular formula is C14H19Cl2FN2. The third-order valence-corrected chi connectivity index (χ3v) is 4.53. The minimum atomic E-state index is -0.199. The van der Waals surface area contributed by atoms with Crippen LogP contribution in [0.15, 0.2) is 18.2 Å². The minimum absolute atomic E-state index is 0. The van der Waals surface area contributed by atoms with Gasteiger partial charge in [0.1, 0.15) is 5.82 Å². The van der Waals surface area contributed by atoms with Gasteiger partial charge in [0.15, 0.2) is 0 Å². The van der Waals surface area contributed by atoms with Gasteiger partial charge >= 0.3 is 0 Å². The van der Waals surface area contributed by atoms with E-state index in [1.807, 2.05) is 0 Å². The largest absolute Gasteiger partial charge is 0.315 e. The molecule has 2 unspecified atom stereocenters. The van der Waals surface area contributed by atoms with E-state index < -0.39 is 0 Å². The van der Waals surface area contributed by atoms with Gasteiger partial charge in [-0.15, -0.1) is 12.4 Å². The summed E-state index contributed by atoms with van der Waals surface area (Å²) < 4.78 is 13.3. The van der Waals surface area contributed by atoms with Crippen LogP contribution in [0.5, 0.6) is 0 Å². The smallest absolute Gasteiger partial charge is 0.123 e. The molecule has 0 amide bonds. The third-order valence-electron chi connectivity index (χ3n) is 4.17. The summed E-state index contributed by atoms with van der Waals surface area (Å²) in [5, 5.41) is 4.15. The Hall–Kier alpha value is -0.350. The molecule has 2 bridgehead atoms. The predicted octanol–water partition coefficient (Wildman–Crippen LogP) is 3.23. The summed E-state index contributed by atoms with van der Waals surface area (Å²) in [7, 11) is 0. The van der Waals surface area contributed by atoms with Gasteiger partial charge in [0.05, 0.1) is 0 Å². The second kappa shape index (κ2) is 6.40. The Morgan fingerprint density at radius 3 is 2.89 bits per heavy atom. The van der Waals surface area contributed by atoms with Gasteiger partial charge in [-0.3, -0.25) is 4.90 Å². The zero-order valence-electron chi connectivity index (χ0n) is 10.7. The van der Waals surface area contributed by atoms with Crippen molar-refractivity contribution >= 4 is 24.0 Å². The van der Waals surface area contributed by atoms with Crippen LogP contribution in [-0.4, -0.2) is 30.1 Å². The molecule has 2 aliphatic heterocycles. The number of rotatable bonds is 2. The molecule has 0 saturated carbocycles. The average Bonchev–Trinajstić information content (AvgIpc) is 2.58. The summed E-state index contributed by atoms with van der Waals surface area (Å²) in [5.74, 6) is -0.199. The zero-order chi connectivity index (χ0) is 12.5. The van der Waals surface area contributed by atoms with Crippen molar-refractivity contribution in [3.05, 3.63) is 34.6 Å². The molecular weight excluding hydrogens is 286 g/mol. The van der Waals surface area contributed by atoms with E-state index in [4.69, 9.17) is 11.6 Å². The maximum Gasteiger partial charge on any atom is 0.123 e. The maximum absolute atomic E-state index is 13.3. The monoisotopic (exact) mass is 304 g/mol. The molecule has 106 valence electrons. The first kappa shape index (κ1) is 15.0. The van der Waals surface area contributed by atoms with Crippen LogP contribution in [0.2, 0.25) is 5.02 Å². The van der Waals surface area contributed by atoms with E-state index in [-0.39, 0.29) is 18.2 Å². The number of nitrogens with zero attached hydrogens (tertiary/aromatic N) is 1. The van der Waals surface area contributed by atoms with Crippen LogP contribution >= 0.6 is 24.0 Å². The molecule has 19 heavy (non-hydrogen) atoms. The first-order valence-corrected chi connectivity index (χ1v) is 7.02. The number of nitrogens with one attached hydrogen (secondary N) is 1. The number of fused-ring (bicyclic) bond motifs is 2. The molecule has 1 aromatic rings. The average molecular weight is 305 g/mol. The fraction of sp³-hybridized carbons (Fsp3) is 0.571. The molecule has 2 fully saturated rings. The summed E-state index contributed by atoms with van der Waals surface area (Å²) in [5.41, 5.74) is 0.912. The van der Waals surface area contributed by atoms with Crippen molar-refractivity contribution in [2.75, 3.05) is 13.1 Å². The summed E-state index contributed by atoms with van der Waals surface area (Å²) in [4.78, 5) is 2.50. The molecule has 3 rings (SSSR count). The number of halogens is 3. The molecule has 2 saturated heterocycles. The normalized spacial score (nSPS) is 26.8. The van der Waals surface area contributed by atoms with Gasteiger partial charge in [0, 0.05) is 30.2 Å². The van der Waals surface area contributed by atoms with E-state index in [1.54, 1.807) is 12.1 Å². The van der Waals surface area contributed by atoms with Crippen LogP contribution in [0.1, 0.15) is 24.8 Å². The summed E-state index contributed by atoms with van der Waals surface area (Å²) in [6.07, 6.45) is 3.69.